The molecule has 0 aliphatic carbocycles. The minimum atomic E-state index is 0.689. The maximum absolute atomic E-state index is 4.94. The molecule has 0 bridgehead atoms. The summed E-state index contributed by atoms with van der Waals surface area (Å²) in [7, 11) is 3.62. The molecule has 0 unspecified atom stereocenters. The summed E-state index contributed by atoms with van der Waals surface area (Å²) in [6.07, 6.45) is 3.46. The van der Waals surface area contributed by atoms with Crippen molar-refractivity contribution < 1.29 is 4.74 Å². The maximum atomic E-state index is 4.94. The number of ether oxygens (including phenoxy) is 1. The summed E-state index contributed by atoms with van der Waals surface area (Å²) in [6.45, 7) is 1.50. The molecule has 66 valence electrons. The van der Waals surface area contributed by atoms with Crippen LogP contribution in [0.1, 0.15) is 0 Å². The fourth-order valence-corrected chi connectivity index (χ4v) is 0.817. The summed E-state index contributed by atoms with van der Waals surface area (Å²) in [6, 6.07) is 1.80. The van der Waals surface area contributed by atoms with Crippen molar-refractivity contribution in [1.29, 1.82) is 0 Å². The Morgan fingerprint density at radius 2 is 2.08 bits per heavy atom. The molecule has 4 nitrogen and oxygen atoms in total. The Bertz CT molecular complexity index is 215. The monoisotopic (exact) mass is 167 g/mol. The summed E-state index contributed by atoms with van der Waals surface area (Å²) in [4.78, 5) is 10.1. The largest absolute Gasteiger partial charge is 0.383 e. The van der Waals surface area contributed by atoms with Crippen LogP contribution in [0.2, 0.25) is 0 Å². The molecule has 0 atom stereocenters. The normalized spacial score (nSPS) is 9.83. The first-order valence-corrected chi connectivity index (χ1v) is 3.81. The lowest BCUT2D eigenvalue weighted by Crippen LogP contribution is -2.23. The Kier molecular flexibility index (Phi) is 3.47. The minimum absolute atomic E-state index is 0.689. The van der Waals surface area contributed by atoms with Crippen molar-refractivity contribution in [2.45, 2.75) is 0 Å². The molecule has 0 radical (unpaired) electrons. The molecule has 0 aliphatic rings. The topological polar surface area (TPSA) is 38.2 Å². The molecule has 1 aromatic rings. The highest BCUT2D eigenvalue weighted by Crippen LogP contribution is 2.00. The lowest BCUT2D eigenvalue weighted by molar-refractivity contribution is 0.206. The first kappa shape index (κ1) is 8.93. The summed E-state index contributed by atoms with van der Waals surface area (Å²) >= 11 is 0. The van der Waals surface area contributed by atoms with E-state index in [1.165, 1.54) is 0 Å². The van der Waals surface area contributed by atoms with Crippen LogP contribution in [-0.4, -0.2) is 37.3 Å². The van der Waals surface area contributed by atoms with Crippen molar-refractivity contribution in [3.8, 4) is 0 Å². The molecule has 0 aliphatic heterocycles. The van der Waals surface area contributed by atoms with Crippen LogP contribution >= 0.6 is 0 Å². The highest BCUT2D eigenvalue weighted by Gasteiger charge is 2.00. The van der Waals surface area contributed by atoms with E-state index in [4.69, 9.17) is 4.74 Å². The lowest BCUT2D eigenvalue weighted by Gasteiger charge is -2.15. The first-order valence-electron chi connectivity index (χ1n) is 3.81. The number of nitrogens with zero attached hydrogens (tertiary/aromatic N) is 3. The molecule has 0 N–H and O–H groups in total. The molecule has 0 saturated carbocycles. The third kappa shape index (κ3) is 2.47. The summed E-state index contributed by atoms with van der Waals surface area (Å²) in [5.74, 6) is 0.731. The van der Waals surface area contributed by atoms with Gasteiger partial charge in [-0.05, 0) is 6.07 Å². The van der Waals surface area contributed by atoms with E-state index in [1.54, 1.807) is 25.6 Å². The highest BCUT2D eigenvalue weighted by atomic mass is 16.5. The SMILES string of the molecule is COCCN(C)c1ncccn1. The van der Waals surface area contributed by atoms with E-state index in [2.05, 4.69) is 9.97 Å². The zero-order valence-electron chi connectivity index (χ0n) is 7.40. The van der Waals surface area contributed by atoms with E-state index in [-0.39, 0.29) is 0 Å². The highest BCUT2D eigenvalue weighted by molar-refractivity contribution is 5.25. The van der Waals surface area contributed by atoms with Gasteiger partial charge in [-0.2, -0.15) is 0 Å². The molecule has 0 aromatic carbocycles. The molecular formula is C8H13N3O. The average molecular weight is 167 g/mol. The van der Waals surface area contributed by atoms with E-state index >= 15 is 0 Å². The summed E-state index contributed by atoms with van der Waals surface area (Å²) in [5, 5.41) is 0. The molecule has 0 spiro atoms. The van der Waals surface area contributed by atoms with E-state index in [0.29, 0.717) is 6.61 Å². The van der Waals surface area contributed by atoms with Gasteiger partial charge in [-0.25, -0.2) is 9.97 Å². The van der Waals surface area contributed by atoms with Gasteiger partial charge in [0.2, 0.25) is 5.95 Å². The Morgan fingerprint density at radius 1 is 1.42 bits per heavy atom. The molecule has 1 rings (SSSR count). The summed E-state index contributed by atoms with van der Waals surface area (Å²) in [5.41, 5.74) is 0. The quantitative estimate of drug-likeness (QED) is 0.656. The number of likely N-dealkylation sites (N-methyl/N-ethyl adjacent to an activating group) is 1. The Balaban J connectivity index is 2.48. The van der Waals surface area contributed by atoms with Crippen LogP contribution in [0.25, 0.3) is 0 Å². The van der Waals surface area contributed by atoms with Crippen LogP contribution < -0.4 is 4.90 Å². The molecule has 0 amide bonds. The molecule has 4 heteroatoms. The van der Waals surface area contributed by atoms with Gasteiger partial charge in [0.15, 0.2) is 0 Å². The zero-order chi connectivity index (χ0) is 8.81. The molecular weight excluding hydrogens is 154 g/mol. The number of methoxy groups -OCH3 is 1. The lowest BCUT2D eigenvalue weighted by atomic mass is 10.6. The smallest absolute Gasteiger partial charge is 0.225 e. The van der Waals surface area contributed by atoms with Crippen LogP contribution in [0.15, 0.2) is 18.5 Å². The van der Waals surface area contributed by atoms with Crippen molar-refractivity contribution in [1.82, 2.24) is 9.97 Å². The van der Waals surface area contributed by atoms with Crippen LogP contribution in [0, 0.1) is 0 Å². The fraction of sp³-hybridized carbons (Fsp3) is 0.500. The van der Waals surface area contributed by atoms with Crippen molar-refractivity contribution >= 4 is 5.95 Å². The van der Waals surface area contributed by atoms with Gasteiger partial charge in [0.25, 0.3) is 0 Å². The van der Waals surface area contributed by atoms with Crippen molar-refractivity contribution in [3.05, 3.63) is 18.5 Å². The second-order valence-electron chi connectivity index (χ2n) is 2.46. The predicted molar refractivity (Wildman–Crippen MR) is 47.2 cm³/mol. The van der Waals surface area contributed by atoms with Crippen LogP contribution in [0.5, 0.6) is 0 Å². The standard InChI is InChI=1S/C8H13N3O/c1-11(6-7-12-2)8-9-4-3-5-10-8/h3-5H,6-7H2,1-2H3. The average Bonchev–Trinajstić information content (AvgIpc) is 2.15. The van der Waals surface area contributed by atoms with Crippen molar-refractivity contribution in [3.63, 3.8) is 0 Å². The van der Waals surface area contributed by atoms with Crippen molar-refractivity contribution in [2.24, 2.45) is 0 Å². The van der Waals surface area contributed by atoms with Gasteiger partial charge < -0.3 is 9.64 Å². The number of hydrogen-bond acceptors (Lipinski definition) is 4. The maximum Gasteiger partial charge on any atom is 0.225 e. The third-order valence-electron chi connectivity index (χ3n) is 1.52. The first-order chi connectivity index (χ1) is 5.84. The van der Waals surface area contributed by atoms with E-state index in [9.17, 15) is 0 Å². The summed E-state index contributed by atoms with van der Waals surface area (Å²) < 4.78 is 4.94. The van der Waals surface area contributed by atoms with Crippen LogP contribution in [0.3, 0.4) is 0 Å². The van der Waals surface area contributed by atoms with Gasteiger partial charge in [-0.3, -0.25) is 0 Å². The van der Waals surface area contributed by atoms with Gasteiger partial charge in [-0.15, -0.1) is 0 Å². The molecule has 12 heavy (non-hydrogen) atoms. The van der Waals surface area contributed by atoms with Gasteiger partial charge in [-0.1, -0.05) is 0 Å². The number of rotatable bonds is 4. The van der Waals surface area contributed by atoms with Crippen LogP contribution in [-0.2, 0) is 4.74 Å². The molecule has 0 fully saturated rings. The van der Waals surface area contributed by atoms with Gasteiger partial charge in [0, 0.05) is 33.1 Å². The van der Waals surface area contributed by atoms with E-state index < -0.39 is 0 Å². The molecule has 0 saturated heterocycles. The second kappa shape index (κ2) is 4.66. The Labute approximate surface area is 72.2 Å². The molecule has 1 heterocycles. The molecule has 1 aromatic heterocycles. The number of anilines is 1. The zero-order valence-corrected chi connectivity index (χ0v) is 7.40. The minimum Gasteiger partial charge on any atom is -0.383 e. The van der Waals surface area contributed by atoms with Gasteiger partial charge in [0.1, 0.15) is 0 Å². The Morgan fingerprint density at radius 3 is 2.67 bits per heavy atom. The van der Waals surface area contributed by atoms with Gasteiger partial charge >= 0.3 is 0 Å². The van der Waals surface area contributed by atoms with Crippen LogP contribution in [0.4, 0.5) is 5.95 Å². The Hall–Kier alpha value is -1.16. The number of hydrogen-bond donors (Lipinski definition) is 0. The fourth-order valence-electron chi connectivity index (χ4n) is 0.817. The van der Waals surface area contributed by atoms with E-state index in [0.717, 1.165) is 12.5 Å². The van der Waals surface area contributed by atoms with Gasteiger partial charge in [0.05, 0.1) is 6.61 Å². The van der Waals surface area contributed by atoms with Crippen molar-refractivity contribution in [2.75, 3.05) is 32.2 Å². The number of aromatic nitrogens is 2. The second-order valence-corrected chi connectivity index (χ2v) is 2.46. The predicted octanol–water partition coefficient (Wildman–Crippen LogP) is 0.559. The third-order valence-corrected chi connectivity index (χ3v) is 1.52. The van der Waals surface area contributed by atoms with E-state index in [1.807, 2.05) is 11.9 Å².